The highest BCUT2D eigenvalue weighted by atomic mass is 35.5. The van der Waals surface area contributed by atoms with E-state index in [4.69, 9.17) is 16.3 Å². The Morgan fingerprint density at radius 1 is 1.42 bits per heavy atom. The summed E-state index contributed by atoms with van der Waals surface area (Å²) in [6.07, 6.45) is 2.00. The standard InChI is InChI=1S/C17H18ClN3O3/c1-21(9-10-3-6-14(24-2)12(18)7-10)17(23)13-8-15(22)20-16(19-13)11-4-5-11/h3,6-8,11H,4-5,9H2,1-2H3,(H,19,20,22). The number of hydrogen-bond donors (Lipinski definition) is 1. The third-order valence-corrected chi connectivity index (χ3v) is 4.22. The summed E-state index contributed by atoms with van der Waals surface area (Å²) in [5.74, 6) is 1.16. The van der Waals surface area contributed by atoms with Gasteiger partial charge in [0.25, 0.3) is 11.5 Å². The maximum Gasteiger partial charge on any atom is 0.272 e. The fraction of sp³-hybridized carbons (Fsp3) is 0.353. The van der Waals surface area contributed by atoms with Crippen molar-refractivity contribution in [1.29, 1.82) is 0 Å². The highest BCUT2D eigenvalue weighted by Gasteiger charge is 2.27. The molecule has 1 fully saturated rings. The second-order valence-electron chi connectivity index (χ2n) is 5.92. The molecule has 1 aliphatic rings. The van der Waals surface area contributed by atoms with E-state index in [9.17, 15) is 9.59 Å². The average Bonchev–Trinajstić information content (AvgIpc) is 3.38. The van der Waals surface area contributed by atoms with Crippen molar-refractivity contribution in [3.63, 3.8) is 0 Å². The smallest absolute Gasteiger partial charge is 0.272 e. The predicted octanol–water partition coefficient (Wildman–Crippen LogP) is 2.58. The summed E-state index contributed by atoms with van der Waals surface area (Å²) >= 11 is 6.11. The number of halogens is 1. The maximum absolute atomic E-state index is 12.6. The van der Waals surface area contributed by atoms with E-state index >= 15 is 0 Å². The maximum atomic E-state index is 12.6. The second kappa shape index (κ2) is 6.65. The van der Waals surface area contributed by atoms with Gasteiger partial charge in [-0.1, -0.05) is 17.7 Å². The molecule has 1 aromatic carbocycles. The van der Waals surface area contributed by atoms with E-state index in [1.54, 1.807) is 26.3 Å². The van der Waals surface area contributed by atoms with Gasteiger partial charge < -0.3 is 14.6 Å². The summed E-state index contributed by atoms with van der Waals surface area (Å²) in [5.41, 5.74) is 0.739. The fourth-order valence-electron chi connectivity index (χ4n) is 2.49. The Hall–Kier alpha value is -2.34. The SMILES string of the molecule is COc1ccc(CN(C)C(=O)c2cc(=O)[nH]c(C3CC3)n2)cc1Cl. The van der Waals surface area contributed by atoms with E-state index in [-0.39, 0.29) is 23.1 Å². The summed E-state index contributed by atoms with van der Waals surface area (Å²) in [7, 11) is 3.22. The number of carbonyl (C=O) groups is 1. The number of benzene rings is 1. The van der Waals surface area contributed by atoms with Gasteiger partial charge in [-0.15, -0.1) is 0 Å². The van der Waals surface area contributed by atoms with E-state index < -0.39 is 0 Å². The van der Waals surface area contributed by atoms with Gasteiger partial charge in [-0.05, 0) is 30.5 Å². The molecule has 1 saturated carbocycles. The van der Waals surface area contributed by atoms with Crippen molar-refractivity contribution in [3.8, 4) is 5.75 Å². The van der Waals surface area contributed by atoms with E-state index in [0.717, 1.165) is 18.4 Å². The number of rotatable bonds is 5. The quantitative estimate of drug-likeness (QED) is 0.902. The normalized spacial score (nSPS) is 13.6. The highest BCUT2D eigenvalue weighted by molar-refractivity contribution is 6.32. The molecule has 2 aromatic rings. The summed E-state index contributed by atoms with van der Waals surface area (Å²) in [5, 5.41) is 0.487. The Labute approximate surface area is 144 Å². The van der Waals surface area contributed by atoms with Gasteiger partial charge >= 0.3 is 0 Å². The second-order valence-corrected chi connectivity index (χ2v) is 6.33. The molecule has 7 heteroatoms. The first-order chi connectivity index (χ1) is 11.5. The van der Waals surface area contributed by atoms with Crippen LogP contribution in [0.1, 0.15) is 40.6 Å². The number of nitrogens with one attached hydrogen (secondary N) is 1. The molecule has 126 valence electrons. The molecule has 0 radical (unpaired) electrons. The lowest BCUT2D eigenvalue weighted by Crippen LogP contribution is -2.29. The number of methoxy groups -OCH3 is 1. The number of nitrogens with zero attached hydrogens (tertiary/aromatic N) is 2. The Morgan fingerprint density at radius 3 is 2.79 bits per heavy atom. The Morgan fingerprint density at radius 2 is 2.17 bits per heavy atom. The van der Waals surface area contributed by atoms with Crippen LogP contribution in [0.5, 0.6) is 5.75 Å². The van der Waals surface area contributed by atoms with Crippen LogP contribution in [0.25, 0.3) is 0 Å². The van der Waals surface area contributed by atoms with Crippen molar-refractivity contribution in [1.82, 2.24) is 14.9 Å². The Bertz CT molecular complexity index is 830. The van der Waals surface area contributed by atoms with Gasteiger partial charge in [-0.25, -0.2) is 4.98 Å². The number of aromatic amines is 1. The minimum Gasteiger partial charge on any atom is -0.495 e. The number of amides is 1. The van der Waals surface area contributed by atoms with Crippen LogP contribution < -0.4 is 10.3 Å². The highest BCUT2D eigenvalue weighted by Crippen LogP contribution is 2.37. The summed E-state index contributed by atoms with van der Waals surface area (Å²) in [6, 6.07) is 6.60. The molecule has 0 unspecified atom stereocenters. The van der Waals surface area contributed by atoms with Crippen molar-refractivity contribution in [2.45, 2.75) is 25.3 Å². The van der Waals surface area contributed by atoms with Crippen molar-refractivity contribution in [3.05, 3.63) is 56.7 Å². The summed E-state index contributed by atoms with van der Waals surface area (Å²) in [4.78, 5) is 32.8. The number of ether oxygens (including phenoxy) is 1. The zero-order valence-electron chi connectivity index (χ0n) is 13.5. The third-order valence-electron chi connectivity index (χ3n) is 3.93. The topological polar surface area (TPSA) is 75.3 Å². The molecule has 0 saturated heterocycles. The third kappa shape index (κ3) is 3.59. The van der Waals surface area contributed by atoms with Gasteiger partial charge in [-0.2, -0.15) is 0 Å². The molecule has 0 spiro atoms. The molecule has 24 heavy (non-hydrogen) atoms. The predicted molar refractivity (Wildman–Crippen MR) is 90.6 cm³/mol. The van der Waals surface area contributed by atoms with Crippen molar-refractivity contribution in [2.75, 3.05) is 14.2 Å². The van der Waals surface area contributed by atoms with Crippen molar-refractivity contribution >= 4 is 17.5 Å². The van der Waals surface area contributed by atoms with E-state index in [1.165, 1.54) is 11.0 Å². The van der Waals surface area contributed by atoms with Crippen LogP contribution >= 0.6 is 11.6 Å². The van der Waals surface area contributed by atoms with Crippen LogP contribution in [0, 0.1) is 0 Å². The molecule has 0 bridgehead atoms. The molecular weight excluding hydrogens is 330 g/mol. The molecule has 1 heterocycles. The summed E-state index contributed by atoms with van der Waals surface area (Å²) < 4.78 is 5.12. The Kier molecular flexibility index (Phi) is 4.57. The van der Waals surface area contributed by atoms with E-state index in [1.807, 2.05) is 6.07 Å². The number of hydrogen-bond acceptors (Lipinski definition) is 4. The molecule has 0 atom stereocenters. The molecule has 1 aliphatic carbocycles. The van der Waals surface area contributed by atoms with Gasteiger partial charge in [0.1, 0.15) is 17.3 Å². The molecule has 1 amide bonds. The molecule has 0 aliphatic heterocycles. The van der Waals surface area contributed by atoms with Crippen LogP contribution in [-0.2, 0) is 6.54 Å². The van der Waals surface area contributed by atoms with Crippen LogP contribution in [0.2, 0.25) is 5.02 Å². The molecule has 6 nitrogen and oxygen atoms in total. The largest absolute Gasteiger partial charge is 0.495 e. The van der Waals surface area contributed by atoms with E-state index in [2.05, 4.69) is 9.97 Å². The first-order valence-electron chi connectivity index (χ1n) is 7.67. The van der Waals surface area contributed by atoms with Gasteiger partial charge in [0.15, 0.2) is 0 Å². The lowest BCUT2D eigenvalue weighted by atomic mass is 10.2. The van der Waals surface area contributed by atoms with Gasteiger partial charge in [-0.3, -0.25) is 9.59 Å². The fourth-order valence-corrected chi connectivity index (χ4v) is 2.77. The first-order valence-corrected chi connectivity index (χ1v) is 8.05. The van der Waals surface area contributed by atoms with Crippen molar-refractivity contribution in [2.24, 2.45) is 0 Å². The van der Waals surface area contributed by atoms with Gasteiger partial charge in [0.05, 0.1) is 12.1 Å². The van der Waals surface area contributed by atoms with Crippen LogP contribution in [0.3, 0.4) is 0 Å². The van der Waals surface area contributed by atoms with Crippen LogP contribution in [-0.4, -0.2) is 34.9 Å². The average molecular weight is 348 g/mol. The number of H-pyrrole nitrogens is 1. The molecule has 1 aromatic heterocycles. The molecular formula is C17H18ClN3O3. The van der Waals surface area contributed by atoms with Crippen LogP contribution in [0.15, 0.2) is 29.1 Å². The lowest BCUT2D eigenvalue weighted by molar-refractivity contribution is 0.0778. The van der Waals surface area contributed by atoms with Gasteiger partial charge in [0, 0.05) is 25.6 Å². The number of carbonyl (C=O) groups excluding carboxylic acids is 1. The lowest BCUT2D eigenvalue weighted by Gasteiger charge is -2.17. The number of aromatic nitrogens is 2. The monoisotopic (exact) mass is 347 g/mol. The molecule has 3 rings (SSSR count). The first kappa shape index (κ1) is 16.5. The van der Waals surface area contributed by atoms with Crippen LogP contribution in [0.4, 0.5) is 0 Å². The van der Waals surface area contributed by atoms with Crippen molar-refractivity contribution < 1.29 is 9.53 Å². The van der Waals surface area contributed by atoms with E-state index in [0.29, 0.717) is 23.1 Å². The zero-order valence-corrected chi connectivity index (χ0v) is 14.3. The minimum absolute atomic E-state index is 0.169. The zero-order chi connectivity index (χ0) is 17.3. The summed E-state index contributed by atoms with van der Waals surface area (Å²) in [6.45, 7) is 0.357. The molecule has 1 N–H and O–H groups in total. The Balaban J connectivity index is 1.77. The van der Waals surface area contributed by atoms with Gasteiger partial charge in [0.2, 0.25) is 0 Å². The minimum atomic E-state index is -0.296.